The average Bonchev–Trinajstić information content (AvgIpc) is 2.29. The maximum atomic E-state index is 11.5. The highest BCUT2D eigenvalue weighted by Crippen LogP contribution is 2.29. The van der Waals surface area contributed by atoms with Gasteiger partial charge in [-0.25, -0.2) is 0 Å². The molecule has 0 atom stereocenters. The molecule has 1 amide bonds. The van der Waals surface area contributed by atoms with Gasteiger partial charge in [-0.3, -0.25) is 4.79 Å². The second-order valence-corrected chi connectivity index (χ2v) is 4.15. The van der Waals surface area contributed by atoms with Gasteiger partial charge in [0.2, 0.25) is 5.91 Å². The number of carbonyl (C=O) groups excluding carboxylic acids is 1. The van der Waals surface area contributed by atoms with E-state index in [1.54, 1.807) is 30.1 Å². The fourth-order valence-electron chi connectivity index (χ4n) is 1.12. The quantitative estimate of drug-likeness (QED) is 0.903. The number of carbonyl (C=O) groups is 1. The van der Waals surface area contributed by atoms with Crippen molar-refractivity contribution in [2.24, 2.45) is 0 Å². The number of anilines is 1. The summed E-state index contributed by atoms with van der Waals surface area (Å²) in [5, 5.41) is 3.88. The Labute approximate surface area is 105 Å². The number of nitrogens with one attached hydrogen (secondary N) is 1. The smallest absolute Gasteiger partial charge is 0.241 e. The highest BCUT2D eigenvalue weighted by Gasteiger charge is 2.08. The van der Waals surface area contributed by atoms with Crippen LogP contribution in [0.2, 0.25) is 10.0 Å². The predicted molar refractivity (Wildman–Crippen MR) is 68.3 cm³/mol. The molecule has 88 valence electrons. The van der Waals surface area contributed by atoms with Gasteiger partial charge in [-0.15, -0.1) is 0 Å². The predicted octanol–water partition coefficient (Wildman–Crippen LogP) is 2.88. The molecule has 0 saturated carbocycles. The van der Waals surface area contributed by atoms with E-state index in [9.17, 15) is 4.79 Å². The molecule has 0 bridgehead atoms. The Balaban J connectivity index is 2.61. The van der Waals surface area contributed by atoms with Gasteiger partial charge in [0.25, 0.3) is 0 Å². The number of amides is 1. The number of halogens is 2. The molecular weight excluding hydrogens is 247 g/mol. The second-order valence-electron chi connectivity index (χ2n) is 3.36. The van der Waals surface area contributed by atoms with Crippen LogP contribution in [-0.2, 0) is 4.79 Å². The lowest BCUT2D eigenvalue weighted by molar-refractivity contribution is -0.127. The average molecular weight is 261 g/mol. The Bertz CT molecular complexity index is 382. The summed E-state index contributed by atoms with van der Waals surface area (Å²) in [5.41, 5.74) is 0.673. The molecule has 5 heteroatoms. The molecule has 0 aromatic heterocycles. The topological polar surface area (TPSA) is 32.3 Å². The summed E-state index contributed by atoms with van der Waals surface area (Å²) in [6.07, 6.45) is 0. The minimum absolute atomic E-state index is 0.0125. The van der Waals surface area contributed by atoms with Crippen molar-refractivity contribution in [3.05, 3.63) is 28.2 Å². The lowest BCUT2D eigenvalue weighted by Crippen LogP contribution is -2.31. The molecule has 0 fully saturated rings. The van der Waals surface area contributed by atoms with Crippen LogP contribution in [0.3, 0.4) is 0 Å². The first-order valence-corrected chi connectivity index (χ1v) is 5.73. The maximum Gasteiger partial charge on any atom is 0.241 e. The highest BCUT2D eigenvalue weighted by atomic mass is 35.5. The monoisotopic (exact) mass is 260 g/mol. The summed E-state index contributed by atoms with van der Waals surface area (Å²) in [4.78, 5) is 13.2. The first kappa shape index (κ1) is 13.1. The molecule has 1 rings (SSSR count). The zero-order valence-corrected chi connectivity index (χ0v) is 10.8. The van der Waals surface area contributed by atoms with Crippen LogP contribution in [0.25, 0.3) is 0 Å². The van der Waals surface area contributed by atoms with E-state index in [1.807, 2.05) is 6.92 Å². The summed E-state index contributed by atoms with van der Waals surface area (Å²) >= 11 is 11.8. The molecule has 0 spiro atoms. The Morgan fingerprint density at radius 3 is 2.75 bits per heavy atom. The van der Waals surface area contributed by atoms with Crippen LogP contribution in [0.1, 0.15) is 6.92 Å². The highest BCUT2D eigenvalue weighted by molar-refractivity contribution is 6.43. The molecule has 3 nitrogen and oxygen atoms in total. The standard InChI is InChI=1S/C11H14Cl2N2O/c1-3-15(2)10(16)7-14-9-6-4-5-8(12)11(9)13/h4-6,14H,3,7H2,1-2H3. The Morgan fingerprint density at radius 1 is 1.44 bits per heavy atom. The fourth-order valence-corrected chi connectivity index (χ4v) is 1.49. The van der Waals surface area contributed by atoms with Crippen LogP contribution in [-0.4, -0.2) is 30.9 Å². The number of benzene rings is 1. The van der Waals surface area contributed by atoms with Gasteiger partial charge < -0.3 is 10.2 Å². The van der Waals surface area contributed by atoms with E-state index >= 15 is 0 Å². The fraction of sp³-hybridized carbons (Fsp3) is 0.364. The normalized spacial score (nSPS) is 10.0. The van der Waals surface area contributed by atoms with Crippen molar-refractivity contribution in [1.29, 1.82) is 0 Å². The first-order chi connectivity index (χ1) is 7.56. The van der Waals surface area contributed by atoms with Crippen LogP contribution >= 0.6 is 23.2 Å². The van der Waals surface area contributed by atoms with Crippen molar-refractivity contribution in [2.75, 3.05) is 25.5 Å². The van der Waals surface area contributed by atoms with Gasteiger partial charge >= 0.3 is 0 Å². The third-order valence-electron chi connectivity index (χ3n) is 2.28. The molecule has 0 aliphatic rings. The largest absolute Gasteiger partial charge is 0.375 e. The van der Waals surface area contributed by atoms with Crippen molar-refractivity contribution in [3.8, 4) is 0 Å². The van der Waals surface area contributed by atoms with E-state index in [0.29, 0.717) is 22.3 Å². The summed E-state index contributed by atoms with van der Waals surface area (Å²) in [6, 6.07) is 5.27. The second kappa shape index (κ2) is 5.97. The van der Waals surface area contributed by atoms with Crippen LogP contribution in [0.4, 0.5) is 5.69 Å². The van der Waals surface area contributed by atoms with Gasteiger partial charge in [0.1, 0.15) is 0 Å². The molecule has 0 radical (unpaired) electrons. The van der Waals surface area contributed by atoms with Crippen LogP contribution in [0.5, 0.6) is 0 Å². The van der Waals surface area contributed by atoms with E-state index in [4.69, 9.17) is 23.2 Å². The lowest BCUT2D eigenvalue weighted by Gasteiger charge is -2.15. The molecule has 0 aliphatic carbocycles. The molecule has 0 heterocycles. The SMILES string of the molecule is CCN(C)C(=O)CNc1cccc(Cl)c1Cl. The Hall–Kier alpha value is -0.930. The van der Waals surface area contributed by atoms with Crippen molar-refractivity contribution in [3.63, 3.8) is 0 Å². The van der Waals surface area contributed by atoms with Crippen LogP contribution < -0.4 is 5.32 Å². The minimum atomic E-state index is 0.0125. The molecule has 0 aliphatic heterocycles. The molecular formula is C11H14Cl2N2O. The number of rotatable bonds is 4. The van der Waals surface area contributed by atoms with E-state index in [-0.39, 0.29) is 12.5 Å². The van der Waals surface area contributed by atoms with Gasteiger partial charge in [0.05, 0.1) is 22.3 Å². The van der Waals surface area contributed by atoms with Gasteiger partial charge in [-0.1, -0.05) is 29.3 Å². The Morgan fingerprint density at radius 2 is 2.12 bits per heavy atom. The summed E-state index contributed by atoms with van der Waals surface area (Å²) in [6.45, 7) is 2.82. The van der Waals surface area contributed by atoms with Crippen molar-refractivity contribution in [2.45, 2.75) is 6.92 Å². The van der Waals surface area contributed by atoms with Gasteiger partial charge in [0, 0.05) is 13.6 Å². The van der Waals surface area contributed by atoms with E-state index in [1.165, 1.54) is 0 Å². The molecule has 0 saturated heterocycles. The lowest BCUT2D eigenvalue weighted by atomic mass is 10.3. The zero-order valence-electron chi connectivity index (χ0n) is 9.26. The zero-order chi connectivity index (χ0) is 12.1. The van der Waals surface area contributed by atoms with Crippen molar-refractivity contribution >= 4 is 34.8 Å². The third kappa shape index (κ3) is 3.29. The van der Waals surface area contributed by atoms with E-state index in [0.717, 1.165) is 0 Å². The molecule has 1 aromatic carbocycles. The number of hydrogen-bond donors (Lipinski definition) is 1. The summed E-state index contributed by atoms with van der Waals surface area (Å²) in [7, 11) is 1.75. The molecule has 1 aromatic rings. The van der Waals surface area contributed by atoms with Gasteiger partial charge in [-0.05, 0) is 19.1 Å². The van der Waals surface area contributed by atoms with E-state index in [2.05, 4.69) is 5.32 Å². The van der Waals surface area contributed by atoms with Crippen LogP contribution in [0.15, 0.2) is 18.2 Å². The Kier molecular flexibility index (Phi) is 4.90. The van der Waals surface area contributed by atoms with Crippen molar-refractivity contribution in [1.82, 2.24) is 4.90 Å². The summed E-state index contributed by atoms with van der Waals surface area (Å²) in [5.74, 6) is 0.0125. The van der Waals surface area contributed by atoms with Crippen LogP contribution in [0, 0.1) is 0 Å². The van der Waals surface area contributed by atoms with E-state index < -0.39 is 0 Å². The number of likely N-dealkylation sites (N-methyl/N-ethyl adjacent to an activating group) is 1. The molecule has 16 heavy (non-hydrogen) atoms. The maximum absolute atomic E-state index is 11.5. The third-order valence-corrected chi connectivity index (χ3v) is 3.10. The number of hydrogen-bond acceptors (Lipinski definition) is 2. The first-order valence-electron chi connectivity index (χ1n) is 4.98. The van der Waals surface area contributed by atoms with Gasteiger partial charge in [-0.2, -0.15) is 0 Å². The van der Waals surface area contributed by atoms with Gasteiger partial charge in [0.15, 0.2) is 0 Å². The molecule has 1 N–H and O–H groups in total. The number of nitrogens with zero attached hydrogens (tertiary/aromatic N) is 1. The summed E-state index contributed by atoms with van der Waals surface area (Å²) < 4.78 is 0. The minimum Gasteiger partial charge on any atom is -0.375 e. The molecule has 0 unspecified atom stereocenters. The van der Waals surface area contributed by atoms with Crippen molar-refractivity contribution < 1.29 is 4.79 Å².